The molecule has 2 atom stereocenters. The first-order chi connectivity index (χ1) is 9.28. The molecule has 1 saturated heterocycles. The molecule has 114 valence electrons. The molecule has 1 aliphatic heterocycles. The first-order valence-corrected chi connectivity index (χ1v) is 8.98. The van der Waals surface area contributed by atoms with E-state index in [-0.39, 0.29) is 6.10 Å². The standard InChI is InChI=1S/C13H22N2O3S2/c1-9-12(7-11(19-9)8-14-4)20(16,17)15-13(3)5-6-18-10(13)2/h7,10,14-15H,5-6,8H2,1-4H3. The van der Waals surface area contributed by atoms with Crippen LogP contribution in [0.5, 0.6) is 0 Å². The van der Waals surface area contributed by atoms with E-state index in [9.17, 15) is 8.42 Å². The monoisotopic (exact) mass is 318 g/mol. The third-order valence-corrected chi connectivity index (χ3v) is 6.74. The molecule has 2 heterocycles. The fourth-order valence-corrected chi connectivity index (χ4v) is 5.53. The Kier molecular flexibility index (Phi) is 4.56. The highest BCUT2D eigenvalue weighted by molar-refractivity contribution is 7.89. The lowest BCUT2D eigenvalue weighted by Gasteiger charge is -2.28. The van der Waals surface area contributed by atoms with E-state index in [1.165, 1.54) is 11.3 Å². The van der Waals surface area contributed by atoms with Gasteiger partial charge in [0, 0.05) is 22.9 Å². The van der Waals surface area contributed by atoms with Gasteiger partial charge in [0.2, 0.25) is 10.0 Å². The van der Waals surface area contributed by atoms with Crippen LogP contribution in [0.4, 0.5) is 0 Å². The summed E-state index contributed by atoms with van der Waals surface area (Å²) in [5.41, 5.74) is -0.531. The van der Waals surface area contributed by atoms with Crippen LogP contribution >= 0.6 is 11.3 Å². The number of hydrogen-bond acceptors (Lipinski definition) is 5. The van der Waals surface area contributed by atoms with Crippen molar-refractivity contribution in [2.24, 2.45) is 0 Å². The third-order valence-electron chi connectivity index (χ3n) is 3.82. The SMILES string of the molecule is CNCc1cc(S(=O)(=O)NC2(C)CCOC2C)c(C)s1. The second kappa shape index (κ2) is 5.73. The zero-order valence-electron chi connectivity index (χ0n) is 12.3. The van der Waals surface area contributed by atoms with Crippen molar-refractivity contribution in [3.05, 3.63) is 15.8 Å². The van der Waals surface area contributed by atoms with Gasteiger partial charge < -0.3 is 10.1 Å². The first kappa shape index (κ1) is 15.9. The molecule has 0 saturated carbocycles. The number of ether oxygens (including phenoxy) is 1. The van der Waals surface area contributed by atoms with Gasteiger partial charge in [-0.2, -0.15) is 0 Å². The molecule has 0 aromatic carbocycles. The van der Waals surface area contributed by atoms with Crippen molar-refractivity contribution in [2.75, 3.05) is 13.7 Å². The van der Waals surface area contributed by atoms with Crippen LogP contribution in [-0.2, 0) is 21.3 Å². The molecular weight excluding hydrogens is 296 g/mol. The van der Waals surface area contributed by atoms with E-state index in [1.54, 1.807) is 6.07 Å². The number of aryl methyl sites for hydroxylation is 1. The lowest BCUT2D eigenvalue weighted by atomic mass is 9.97. The van der Waals surface area contributed by atoms with Crippen LogP contribution in [-0.4, -0.2) is 33.7 Å². The second-order valence-electron chi connectivity index (χ2n) is 5.45. The molecule has 2 unspecified atom stereocenters. The summed E-state index contributed by atoms with van der Waals surface area (Å²) >= 11 is 1.51. The van der Waals surface area contributed by atoms with Gasteiger partial charge in [0.05, 0.1) is 16.5 Å². The number of rotatable bonds is 5. The lowest BCUT2D eigenvalue weighted by molar-refractivity contribution is 0.0957. The van der Waals surface area contributed by atoms with E-state index in [0.29, 0.717) is 24.5 Å². The summed E-state index contributed by atoms with van der Waals surface area (Å²) in [5.74, 6) is 0. The summed E-state index contributed by atoms with van der Waals surface area (Å²) in [6, 6.07) is 1.75. The van der Waals surface area contributed by atoms with Crippen molar-refractivity contribution in [1.82, 2.24) is 10.0 Å². The van der Waals surface area contributed by atoms with Gasteiger partial charge in [-0.25, -0.2) is 13.1 Å². The zero-order chi connectivity index (χ0) is 15.0. The van der Waals surface area contributed by atoms with Gasteiger partial charge in [0.15, 0.2) is 0 Å². The molecule has 0 aliphatic carbocycles. The van der Waals surface area contributed by atoms with E-state index in [2.05, 4.69) is 10.0 Å². The number of nitrogens with one attached hydrogen (secondary N) is 2. The van der Waals surface area contributed by atoms with Crippen molar-refractivity contribution >= 4 is 21.4 Å². The Balaban J connectivity index is 2.26. The lowest BCUT2D eigenvalue weighted by Crippen LogP contribution is -2.50. The molecule has 7 heteroatoms. The molecular formula is C13H22N2O3S2. The largest absolute Gasteiger partial charge is 0.376 e. The molecule has 1 fully saturated rings. The van der Waals surface area contributed by atoms with E-state index < -0.39 is 15.6 Å². The normalized spacial score (nSPS) is 27.1. The molecule has 2 N–H and O–H groups in total. The van der Waals surface area contributed by atoms with Crippen molar-refractivity contribution in [1.29, 1.82) is 0 Å². The predicted molar refractivity (Wildman–Crippen MR) is 80.6 cm³/mol. The molecule has 1 aromatic heterocycles. The predicted octanol–water partition coefficient (Wildman–Crippen LogP) is 1.62. The molecule has 2 rings (SSSR count). The van der Waals surface area contributed by atoms with Crippen LogP contribution in [0.3, 0.4) is 0 Å². The van der Waals surface area contributed by atoms with Crippen LogP contribution in [0.25, 0.3) is 0 Å². The molecule has 5 nitrogen and oxygen atoms in total. The summed E-state index contributed by atoms with van der Waals surface area (Å²) in [6.45, 7) is 6.92. The van der Waals surface area contributed by atoms with Crippen molar-refractivity contribution in [3.63, 3.8) is 0 Å². The van der Waals surface area contributed by atoms with Crippen molar-refractivity contribution in [3.8, 4) is 0 Å². The first-order valence-electron chi connectivity index (χ1n) is 6.68. The molecule has 0 bridgehead atoms. The topological polar surface area (TPSA) is 67.4 Å². The summed E-state index contributed by atoms with van der Waals surface area (Å²) in [6.07, 6.45) is 0.577. The fraction of sp³-hybridized carbons (Fsp3) is 0.692. The van der Waals surface area contributed by atoms with Gasteiger partial charge in [0.1, 0.15) is 0 Å². The minimum atomic E-state index is -3.51. The average Bonchev–Trinajstić information content (AvgIpc) is 2.84. The minimum Gasteiger partial charge on any atom is -0.376 e. The highest BCUT2D eigenvalue weighted by Crippen LogP contribution is 2.30. The smallest absolute Gasteiger partial charge is 0.242 e. The maximum Gasteiger partial charge on any atom is 0.242 e. The average molecular weight is 318 g/mol. The van der Waals surface area contributed by atoms with E-state index >= 15 is 0 Å². The molecule has 20 heavy (non-hydrogen) atoms. The van der Waals surface area contributed by atoms with Crippen molar-refractivity contribution in [2.45, 2.75) is 50.3 Å². The van der Waals surface area contributed by atoms with Gasteiger partial charge in [-0.15, -0.1) is 11.3 Å². The Labute approximate surface area is 124 Å². The Morgan fingerprint density at radius 1 is 1.55 bits per heavy atom. The minimum absolute atomic E-state index is 0.118. The Morgan fingerprint density at radius 3 is 2.80 bits per heavy atom. The third kappa shape index (κ3) is 3.07. The summed E-state index contributed by atoms with van der Waals surface area (Å²) < 4.78 is 33.5. The number of thiophene rings is 1. The highest BCUT2D eigenvalue weighted by Gasteiger charge is 2.41. The summed E-state index contributed by atoms with van der Waals surface area (Å²) in [4.78, 5) is 2.22. The Hall–Kier alpha value is -0.470. The van der Waals surface area contributed by atoms with Crippen LogP contribution in [0.2, 0.25) is 0 Å². The van der Waals surface area contributed by atoms with Crippen LogP contribution in [0.1, 0.15) is 30.0 Å². The van der Waals surface area contributed by atoms with E-state index in [0.717, 1.165) is 9.75 Å². The van der Waals surface area contributed by atoms with Crippen LogP contribution < -0.4 is 10.0 Å². The van der Waals surface area contributed by atoms with Gasteiger partial charge in [-0.3, -0.25) is 0 Å². The maximum absolute atomic E-state index is 12.6. The number of hydrogen-bond donors (Lipinski definition) is 2. The Morgan fingerprint density at radius 2 is 2.25 bits per heavy atom. The molecule has 0 spiro atoms. The van der Waals surface area contributed by atoms with Gasteiger partial charge >= 0.3 is 0 Å². The molecule has 1 aromatic rings. The summed E-state index contributed by atoms with van der Waals surface area (Å²) in [7, 11) is -1.66. The molecule has 1 aliphatic rings. The van der Waals surface area contributed by atoms with Crippen LogP contribution in [0.15, 0.2) is 11.0 Å². The van der Waals surface area contributed by atoms with Gasteiger partial charge in [0.25, 0.3) is 0 Å². The second-order valence-corrected chi connectivity index (χ2v) is 8.44. The molecule has 0 radical (unpaired) electrons. The molecule has 0 amide bonds. The van der Waals surface area contributed by atoms with E-state index in [1.807, 2.05) is 27.8 Å². The number of sulfonamides is 1. The fourth-order valence-electron chi connectivity index (χ4n) is 2.38. The summed E-state index contributed by atoms with van der Waals surface area (Å²) in [5, 5.41) is 3.04. The highest BCUT2D eigenvalue weighted by atomic mass is 32.2. The van der Waals surface area contributed by atoms with Gasteiger partial charge in [-0.05, 0) is 40.3 Å². The van der Waals surface area contributed by atoms with E-state index in [4.69, 9.17) is 4.74 Å². The Bertz CT molecular complexity index is 582. The quantitative estimate of drug-likeness (QED) is 0.866. The zero-order valence-corrected chi connectivity index (χ0v) is 14.0. The maximum atomic E-state index is 12.6. The van der Waals surface area contributed by atoms with Crippen LogP contribution in [0, 0.1) is 6.92 Å². The van der Waals surface area contributed by atoms with Gasteiger partial charge in [-0.1, -0.05) is 0 Å². The van der Waals surface area contributed by atoms with Crippen molar-refractivity contribution < 1.29 is 13.2 Å².